The highest BCUT2D eigenvalue weighted by Gasteiger charge is 2.47. The van der Waals surface area contributed by atoms with Gasteiger partial charge in [0, 0.05) is 22.9 Å². The Morgan fingerprint density at radius 1 is 1.00 bits per heavy atom. The molecule has 1 saturated heterocycles. The van der Waals surface area contributed by atoms with Gasteiger partial charge in [-0.25, -0.2) is 0 Å². The molecule has 0 spiro atoms. The second-order valence-electron chi connectivity index (χ2n) is 10.2. The van der Waals surface area contributed by atoms with E-state index in [1.807, 2.05) is 44.2 Å². The van der Waals surface area contributed by atoms with Crippen molar-refractivity contribution in [3.63, 3.8) is 0 Å². The number of hydrogen-bond acceptors (Lipinski definition) is 5. The molecule has 0 bridgehead atoms. The van der Waals surface area contributed by atoms with Crippen LogP contribution in [0.4, 0.5) is 5.69 Å². The van der Waals surface area contributed by atoms with E-state index in [4.69, 9.17) is 9.47 Å². The molecule has 1 aliphatic heterocycles. The summed E-state index contributed by atoms with van der Waals surface area (Å²) in [6.45, 7) is 10.5. The lowest BCUT2D eigenvalue weighted by atomic mass is 9.84. The van der Waals surface area contributed by atoms with E-state index in [1.165, 1.54) is 4.90 Å². The van der Waals surface area contributed by atoms with Gasteiger partial charge in [0.15, 0.2) is 0 Å². The number of nitrogens with zero attached hydrogens (tertiary/aromatic N) is 1. The quantitative estimate of drug-likeness (QED) is 0.244. The fourth-order valence-corrected chi connectivity index (χ4v) is 4.72. The number of Topliss-reactive ketones (excluding diaryl/α,β-unsaturated/α-hetero) is 1. The van der Waals surface area contributed by atoms with Crippen LogP contribution in [0.1, 0.15) is 56.0 Å². The first-order valence-corrected chi connectivity index (χ1v) is 12.4. The number of aliphatic hydroxyl groups is 1. The largest absolute Gasteiger partial charge is 0.507 e. The molecule has 1 fully saturated rings. The molecule has 1 atom stereocenters. The van der Waals surface area contributed by atoms with Crippen molar-refractivity contribution in [2.24, 2.45) is 0 Å². The van der Waals surface area contributed by atoms with Crippen LogP contribution in [0.25, 0.3) is 5.76 Å². The first-order valence-electron chi connectivity index (χ1n) is 12.4. The minimum atomic E-state index is -0.809. The van der Waals surface area contributed by atoms with Crippen LogP contribution in [0.3, 0.4) is 0 Å². The van der Waals surface area contributed by atoms with Gasteiger partial charge in [-0.1, -0.05) is 56.7 Å². The van der Waals surface area contributed by atoms with Crippen LogP contribution in [0.2, 0.25) is 0 Å². The molecule has 0 aliphatic carbocycles. The Morgan fingerprint density at radius 3 is 2.38 bits per heavy atom. The van der Waals surface area contributed by atoms with E-state index in [0.717, 1.165) is 22.4 Å². The molecule has 3 aromatic carbocycles. The predicted octanol–water partition coefficient (Wildman–Crippen LogP) is 6.33. The zero-order valence-corrected chi connectivity index (χ0v) is 22.2. The fourth-order valence-electron chi connectivity index (χ4n) is 4.72. The summed E-state index contributed by atoms with van der Waals surface area (Å²) in [4.78, 5) is 28.4. The SMILES string of the molecule is CCOc1ccc(/C(O)=C2/C(=O)C(=O)N(c3cccc(OC)c3)C2c2cccc(C)c2)cc1C(C)(C)C. The molecule has 6 heteroatoms. The molecule has 4 rings (SSSR count). The van der Waals surface area contributed by atoms with Crippen molar-refractivity contribution in [2.75, 3.05) is 18.6 Å². The number of ketones is 1. The van der Waals surface area contributed by atoms with Gasteiger partial charge in [0.05, 0.1) is 25.3 Å². The number of hydrogen-bond donors (Lipinski definition) is 1. The molecule has 3 aromatic rings. The normalized spacial score (nSPS) is 17.2. The molecule has 1 amide bonds. The van der Waals surface area contributed by atoms with Crippen LogP contribution in [-0.2, 0) is 15.0 Å². The second kappa shape index (κ2) is 10.1. The number of aliphatic hydroxyl groups excluding tert-OH is 1. The van der Waals surface area contributed by atoms with Gasteiger partial charge < -0.3 is 14.6 Å². The Kier molecular flexibility index (Phi) is 7.12. The third-order valence-electron chi connectivity index (χ3n) is 6.49. The average molecular weight is 500 g/mol. The fraction of sp³-hybridized carbons (Fsp3) is 0.290. The number of amides is 1. The average Bonchev–Trinajstić information content (AvgIpc) is 3.13. The molecule has 1 heterocycles. The molecule has 1 unspecified atom stereocenters. The smallest absolute Gasteiger partial charge is 0.300 e. The Balaban J connectivity index is 1.96. The first-order chi connectivity index (χ1) is 17.6. The van der Waals surface area contributed by atoms with Gasteiger partial charge in [-0.2, -0.15) is 0 Å². The van der Waals surface area contributed by atoms with E-state index in [1.54, 1.807) is 43.5 Å². The monoisotopic (exact) mass is 499 g/mol. The molecule has 37 heavy (non-hydrogen) atoms. The van der Waals surface area contributed by atoms with E-state index in [2.05, 4.69) is 20.8 Å². The summed E-state index contributed by atoms with van der Waals surface area (Å²) in [6.07, 6.45) is 0. The summed E-state index contributed by atoms with van der Waals surface area (Å²) in [5, 5.41) is 11.6. The van der Waals surface area contributed by atoms with E-state index in [9.17, 15) is 14.7 Å². The topological polar surface area (TPSA) is 76.1 Å². The van der Waals surface area contributed by atoms with Crippen molar-refractivity contribution in [1.82, 2.24) is 0 Å². The number of rotatable bonds is 6. The molecule has 1 N–H and O–H groups in total. The zero-order chi connectivity index (χ0) is 26.9. The van der Waals surface area contributed by atoms with Crippen molar-refractivity contribution in [1.29, 1.82) is 0 Å². The summed E-state index contributed by atoms with van der Waals surface area (Å²) >= 11 is 0. The maximum atomic E-state index is 13.5. The number of carbonyl (C=O) groups excluding carboxylic acids is 2. The molecule has 0 radical (unpaired) electrons. The third kappa shape index (κ3) is 4.96. The van der Waals surface area contributed by atoms with Crippen LogP contribution < -0.4 is 14.4 Å². The highest BCUT2D eigenvalue weighted by atomic mass is 16.5. The van der Waals surface area contributed by atoms with Gasteiger partial charge in [-0.05, 0) is 55.2 Å². The Bertz CT molecular complexity index is 1380. The minimum Gasteiger partial charge on any atom is -0.507 e. The van der Waals surface area contributed by atoms with E-state index in [-0.39, 0.29) is 16.7 Å². The summed E-state index contributed by atoms with van der Waals surface area (Å²) < 4.78 is 11.2. The van der Waals surface area contributed by atoms with Crippen LogP contribution in [0, 0.1) is 6.92 Å². The molecule has 192 valence electrons. The number of methoxy groups -OCH3 is 1. The van der Waals surface area contributed by atoms with Gasteiger partial charge in [-0.15, -0.1) is 0 Å². The maximum absolute atomic E-state index is 13.5. The molecular formula is C31H33NO5. The molecule has 6 nitrogen and oxygen atoms in total. The van der Waals surface area contributed by atoms with Gasteiger partial charge in [0.25, 0.3) is 11.7 Å². The molecule has 1 aliphatic rings. The lowest BCUT2D eigenvalue weighted by molar-refractivity contribution is -0.132. The summed E-state index contributed by atoms with van der Waals surface area (Å²) in [7, 11) is 1.55. The van der Waals surface area contributed by atoms with Crippen molar-refractivity contribution in [3.05, 3.63) is 94.6 Å². The van der Waals surface area contributed by atoms with Gasteiger partial charge in [0.1, 0.15) is 17.3 Å². The van der Waals surface area contributed by atoms with E-state index >= 15 is 0 Å². The minimum absolute atomic E-state index is 0.0439. The van der Waals surface area contributed by atoms with E-state index < -0.39 is 17.7 Å². The van der Waals surface area contributed by atoms with Crippen LogP contribution in [0.5, 0.6) is 11.5 Å². The Morgan fingerprint density at radius 2 is 1.73 bits per heavy atom. The first kappa shape index (κ1) is 26.0. The zero-order valence-electron chi connectivity index (χ0n) is 22.2. The van der Waals surface area contributed by atoms with Crippen LogP contribution in [0.15, 0.2) is 72.3 Å². The summed E-state index contributed by atoms with van der Waals surface area (Å²) in [6, 6.07) is 19.2. The number of benzene rings is 3. The third-order valence-corrected chi connectivity index (χ3v) is 6.49. The van der Waals surface area contributed by atoms with Crippen molar-refractivity contribution in [3.8, 4) is 11.5 Å². The maximum Gasteiger partial charge on any atom is 0.300 e. The van der Waals surface area contributed by atoms with Gasteiger partial charge >= 0.3 is 0 Å². The molecular weight excluding hydrogens is 466 g/mol. The molecule has 0 saturated carbocycles. The van der Waals surface area contributed by atoms with Gasteiger partial charge in [-0.3, -0.25) is 14.5 Å². The summed E-state index contributed by atoms with van der Waals surface area (Å²) in [5.41, 5.74) is 3.33. The second-order valence-corrected chi connectivity index (χ2v) is 10.2. The Hall–Kier alpha value is -4.06. The van der Waals surface area contributed by atoms with Crippen molar-refractivity contribution >= 4 is 23.1 Å². The lowest BCUT2D eigenvalue weighted by Gasteiger charge is -2.26. The predicted molar refractivity (Wildman–Crippen MR) is 145 cm³/mol. The molecule has 0 aromatic heterocycles. The number of anilines is 1. The number of ether oxygens (including phenoxy) is 2. The van der Waals surface area contributed by atoms with Crippen LogP contribution in [-0.4, -0.2) is 30.5 Å². The summed E-state index contributed by atoms with van der Waals surface area (Å²) in [5.74, 6) is -0.382. The van der Waals surface area contributed by atoms with Crippen molar-refractivity contribution in [2.45, 2.75) is 46.1 Å². The Labute approximate surface area is 218 Å². The standard InChI is InChI=1S/C31H33NO5/c1-7-37-25-15-14-21(17-24(25)31(3,4)5)28(33)26-27(20-11-8-10-19(2)16-20)32(30(35)29(26)34)22-12-9-13-23(18-22)36-6/h8-18,27,33H,7H2,1-6H3/b28-26-. The van der Waals surface area contributed by atoms with Crippen LogP contribution >= 0.6 is 0 Å². The number of aryl methyl sites for hydroxylation is 1. The van der Waals surface area contributed by atoms with E-state index in [0.29, 0.717) is 23.6 Å². The number of carbonyl (C=O) groups is 2. The lowest BCUT2D eigenvalue weighted by Crippen LogP contribution is -2.29. The van der Waals surface area contributed by atoms with Gasteiger partial charge in [0.2, 0.25) is 0 Å². The van der Waals surface area contributed by atoms with Crippen molar-refractivity contribution < 1.29 is 24.2 Å². The highest BCUT2D eigenvalue weighted by Crippen LogP contribution is 2.44. The highest BCUT2D eigenvalue weighted by molar-refractivity contribution is 6.51.